The maximum absolute atomic E-state index is 6.09. The van der Waals surface area contributed by atoms with E-state index in [0.29, 0.717) is 26.9 Å². The first-order valence-electron chi connectivity index (χ1n) is 5.89. The zero-order chi connectivity index (χ0) is 13.0. The molecule has 1 aliphatic rings. The van der Waals surface area contributed by atoms with Crippen LogP contribution in [0, 0.1) is 0 Å². The van der Waals surface area contributed by atoms with Crippen molar-refractivity contribution >= 4 is 46.6 Å². The number of thioether (sulfide) groups is 1. The first-order chi connectivity index (χ1) is 8.70. The number of nitrogens with one attached hydrogen (secondary N) is 2. The van der Waals surface area contributed by atoms with Crippen molar-refractivity contribution in [3.8, 4) is 0 Å². The molecule has 1 fully saturated rings. The molecule has 100 valence electrons. The Morgan fingerprint density at radius 2 is 2.11 bits per heavy atom. The summed E-state index contributed by atoms with van der Waals surface area (Å²) in [6.07, 6.45) is 3.87. The second-order valence-electron chi connectivity index (χ2n) is 4.16. The van der Waals surface area contributed by atoms with E-state index in [1.165, 1.54) is 25.0 Å². The smallest absolute Gasteiger partial charge is 0.161 e. The van der Waals surface area contributed by atoms with Crippen LogP contribution in [-0.4, -0.2) is 22.5 Å². The summed E-state index contributed by atoms with van der Waals surface area (Å²) in [6, 6.07) is 1.64. The number of nitrogens with two attached hydrogens (primary N) is 1. The van der Waals surface area contributed by atoms with Crippen LogP contribution in [0.2, 0.25) is 10.0 Å². The van der Waals surface area contributed by atoms with Gasteiger partial charge in [0.15, 0.2) is 5.82 Å². The van der Waals surface area contributed by atoms with E-state index in [1.807, 2.05) is 11.8 Å². The standard InChI is InChI=1S/C11H16Cl2N4S/c12-8-5-9(13)11(17-14)16-10(8)15-6-7-3-1-2-4-18-7/h5,7H,1-4,6,14H2,(H2,15,16,17). The molecule has 7 heteroatoms. The molecule has 2 heterocycles. The van der Waals surface area contributed by atoms with Crippen LogP contribution < -0.4 is 16.6 Å². The van der Waals surface area contributed by atoms with Gasteiger partial charge in [0, 0.05) is 11.8 Å². The summed E-state index contributed by atoms with van der Waals surface area (Å²) in [7, 11) is 0. The predicted molar refractivity (Wildman–Crippen MR) is 80.7 cm³/mol. The topological polar surface area (TPSA) is 63.0 Å². The molecular formula is C11H16Cl2N4S. The summed E-state index contributed by atoms with van der Waals surface area (Å²) in [4.78, 5) is 4.25. The average Bonchev–Trinajstić information content (AvgIpc) is 2.39. The summed E-state index contributed by atoms with van der Waals surface area (Å²) in [5.41, 5.74) is 2.45. The molecule has 1 saturated heterocycles. The minimum absolute atomic E-state index is 0.417. The SMILES string of the molecule is NNc1nc(NCC2CCCCS2)c(Cl)cc1Cl. The van der Waals surface area contributed by atoms with Gasteiger partial charge in [0.05, 0.1) is 10.0 Å². The van der Waals surface area contributed by atoms with Gasteiger partial charge in [-0.25, -0.2) is 10.8 Å². The van der Waals surface area contributed by atoms with Crippen molar-refractivity contribution < 1.29 is 0 Å². The summed E-state index contributed by atoms with van der Waals surface area (Å²) in [6.45, 7) is 0.864. The van der Waals surface area contributed by atoms with Gasteiger partial charge in [0.1, 0.15) is 5.82 Å². The molecule has 1 aliphatic heterocycles. The summed E-state index contributed by atoms with van der Waals surface area (Å²) in [5, 5.41) is 4.82. The molecule has 0 spiro atoms. The molecule has 0 bridgehead atoms. The molecule has 0 aromatic carbocycles. The van der Waals surface area contributed by atoms with Crippen LogP contribution in [-0.2, 0) is 0 Å². The van der Waals surface area contributed by atoms with Gasteiger partial charge in [-0.05, 0) is 24.7 Å². The van der Waals surface area contributed by atoms with Crippen LogP contribution in [0.5, 0.6) is 0 Å². The molecule has 4 N–H and O–H groups in total. The lowest BCUT2D eigenvalue weighted by Gasteiger charge is -2.22. The molecule has 18 heavy (non-hydrogen) atoms. The van der Waals surface area contributed by atoms with Gasteiger partial charge in [0.2, 0.25) is 0 Å². The minimum atomic E-state index is 0.417. The second kappa shape index (κ2) is 6.70. The maximum Gasteiger partial charge on any atom is 0.161 e. The summed E-state index contributed by atoms with van der Waals surface area (Å²) >= 11 is 14.0. The van der Waals surface area contributed by atoms with E-state index in [4.69, 9.17) is 29.0 Å². The van der Waals surface area contributed by atoms with E-state index in [2.05, 4.69) is 15.7 Å². The van der Waals surface area contributed by atoms with Crippen molar-refractivity contribution in [3.63, 3.8) is 0 Å². The van der Waals surface area contributed by atoms with E-state index in [0.717, 1.165) is 6.54 Å². The van der Waals surface area contributed by atoms with Gasteiger partial charge in [-0.15, -0.1) is 0 Å². The van der Waals surface area contributed by atoms with Crippen LogP contribution in [0.4, 0.5) is 11.6 Å². The lowest BCUT2D eigenvalue weighted by Crippen LogP contribution is -2.21. The zero-order valence-electron chi connectivity index (χ0n) is 9.88. The number of hydrogen-bond acceptors (Lipinski definition) is 5. The fourth-order valence-corrected chi connectivity index (χ4v) is 3.59. The number of hydrogen-bond donors (Lipinski definition) is 3. The largest absolute Gasteiger partial charge is 0.368 e. The van der Waals surface area contributed by atoms with Crippen molar-refractivity contribution in [2.75, 3.05) is 23.0 Å². The average molecular weight is 307 g/mol. The first-order valence-corrected chi connectivity index (χ1v) is 7.69. The number of nitrogens with zero attached hydrogens (tertiary/aromatic N) is 1. The lowest BCUT2D eigenvalue weighted by molar-refractivity contribution is 0.677. The van der Waals surface area contributed by atoms with Gasteiger partial charge in [-0.2, -0.15) is 11.8 Å². The molecule has 0 aliphatic carbocycles. The van der Waals surface area contributed by atoms with Crippen molar-refractivity contribution in [2.45, 2.75) is 24.5 Å². The molecule has 1 aromatic heterocycles. The quantitative estimate of drug-likeness (QED) is 0.588. The van der Waals surface area contributed by atoms with Crippen molar-refractivity contribution in [1.29, 1.82) is 0 Å². The van der Waals surface area contributed by atoms with Crippen LogP contribution in [0.15, 0.2) is 6.07 Å². The fraction of sp³-hybridized carbons (Fsp3) is 0.545. The third-order valence-electron chi connectivity index (χ3n) is 2.84. The van der Waals surface area contributed by atoms with Crippen molar-refractivity contribution in [2.24, 2.45) is 5.84 Å². The number of hydrazine groups is 1. The summed E-state index contributed by atoms with van der Waals surface area (Å²) < 4.78 is 0. The van der Waals surface area contributed by atoms with E-state index in [1.54, 1.807) is 6.07 Å². The highest BCUT2D eigenvalue weighted by Crippen LogP contribution is 2.30. The predicted octanol–water partition coefficient (Wildman–Crippen LogP) is 3.37. The van der Waals surface area contributed by atoms with Crippen LogP contribution in [0.3, 0.4) is 0 Å². The molecule has 1 unspecified atom stereocenters. The molecule has 1 atom stereocenters. The molecule has 0 saturated carbocycles. The van der Waals surface area contributed by atoms with E-state index < -0.39 is 0 Å². The van der Waals surface area contributed by atoms with Crippen LogP contribution >= 0.6 is 35.0 Å². The van der Waals surface area contributed by atoms with Gasteiger partial charge in [0.25, 0.3) is 0 Å². The van der Waals surface area contributed by atoms with Gasteiger partial charge < -0.3 is 10.7 Å². The Kier molecular flexibility index (Phi) is 5.24. The highest BCUT2D eigenvalue weighted by molar-refractivity contribution is 7.99. The Labute approximate surface area is 121 Å². The number of nitrogen functional groups attached to an aromatic ring is 1. The number of halogens is 2. The van der Waals surface area contributed by atoms with Crippen molar-refractivity contribution in [3.05, 3.63) is 16.1 Å². The van der Waals surface area contributed by atoms with Gasteiger partial charge >= 0.3 is 0 Å². The minimum Gasteiger partial charge on any atom is -0.368 e. The molecular weight excluding hydrogens is 291 g/mol. The monoisotopic (exact) mass is 306 g/mol. The molecule has 0 radical (unpaired) electrons. The molecule has 4 nitrogen and oxygen atoms in total. The third-order valence-corrected chi connectivity index (χ3v) is 4.81. The highest BCUT2D eigenvalue weighted by Gasteiger charge is 2.15. The Balaban J connectivity index is 1.99. The Hall–Kier alpha value is -0.360. The number of rotatable bonds is 4. The van der Waals surface area contributed by atoms with Gasteiger partial charge in [-0.3, -0.25) is 0 Å². The zero-order valence-corrected chi connectivity index (χ0v) is 12.2. The number of anilines is 2. The van der Waals surface area contributed by atoms with E-state index >= 15 is 0 Å². The molecule has 2 rings (SSSR count). The van der Waals surface area contributed by atoms with Crippen molar-refractivity contribution in [1.82, 2.24) is 4.98 Å². The lowest BCUT2D eigenvalue weighted by atomic mass is 10.2. The molecule has 1 aromatic rings. The Morgan fingerprint density at radius 3 is 2.78 bits per heavy atom. The molecule has 0 amide bonds. The van der Waals surface area contributed by atoms with E-state index in [-0.39, 0.29) is 0 Å². The number of pyridine rings is 1. The van der Waals surface area contributed by atoms with Crippen LogP contribution in [0.25, 0.3) is 0 Å². The highest BCUT2D eigenvalue weighted by atomic mass is 35.5. The third kappa shape index (κ3) is 3.57. The maximum atomic E-state index is 6.09. The Morgan fingerprint density at radius 1 is 1.33 bits per heavy atom. The first kappa shape index (κ1) is 14.1. The Bertz CT molecular complexity index is 410. The number of aromatic nitrogens is 1. The van der Waals surface area contributed by atoms with E-state index in [9.17, 15) is 0 Å². The summed E-state index contributed by atoms with van der Waals surface area (Å²) in [5.74, 6) is 7.63. The van der Waals surface area contributed by atoms with Gasteiger partial charge in [-0.1, -0.05) is 29.6 Å². The second-order valence-corrected chi connectivity index (χ2v) is 6.39. The fourth-order valence-electron chi connectivity index (χ4n) is 1.87. The van der Waals surface area contributed by atoms with Crippen LogP contribution in [0.1, 0.15) is 19.3 Å². The normalized spacial score (nSPS) is 19.6.